The minimum absolute atomic E-state index is 0.0751. The second kappa shape index (κ2) is 4.54. The number of carbonyl (C=O) groups is 1. The van der Waals surface area contributed by atoms with E-state index in [9.17, 15) is 4.79 Å². The molecule has 4 heteroatoms. The molecule has 2 N–H and O–H groups in total. The minimum Gasteiger partial charge on any atom is -0.469 e. The molecule has 13 heavy (non-hydrogen) atoms. The maximum atomic E-state index is 10.9. The van der Waals surface area contributed by atoms with Gasteiger partial charge in [0.25, 0.3) is 0 Å². The molecule has 1 aromatic rings. The first-order chi connectivity index (χ1) is 6.22. The van der Waals surface area contributed by atoms with Crippen LogP contribution >= 0.6 is 0 Å². The second-order valence-electron chi connectivity index (χ2n) is 2.91. The molecule has 72 valence electrons. The smallest absolute Gasteiger partial charge is 0.314 e. The average Bonchev–Trinajstić information content (AvgIpc) is 2.56. The summed E-state index contributed by atoms with van der Waals surface area (Å²) in [6, 6.07) is 3.63. The van der Waals surface area contributed by atoms with Crippen LogP contribution in [0.2, 0.25) is 0 Å². The fourth-order valence-electron chi connectivity index (χ4n) is 1.08. The third-order valence-electron chi connectivity index (χ3n) is 1.69. The fraction of sp³-hybridized carbons (Fsp3) is 0.444. The van der Waals surface area contributed by atoms with Crippen molar-refractivity contribution in [3.05, 3.63) is 24.2 Å². The van der Waals surface area contributed by atoms with Gasteiger partial charge in [-0.2, -0.15) is 0 Å². The Morgan fingerprint density at radius 1 is 1.69 bits per heavy atom. The maximum absolute atomic E-state index is 10.9. The molecule has 0 saturated heterocycles. The molecular formula is C9H14N2O2. The van der Waals surface area contributed by atoms with E-state index in [0.29, 0.717) is 6.42 Å². The number of carbonyl (C=O) groups excluding carboxylic acids is 1. The van der Waals surface area contributed by atoms with Crippen LogP contribution in [0.1, 0.15) is 12.7 Å². The van der Waals surface area contributed by atoms with Crippen LogP contribution < -0.4 is 10.6 Å². The van der Waals surface area contributed by atoms with E-state index in [1.54, 1.807) is 13.3 Å². The lowest BCUT2D eigenvalue weighted by Gasteiger charge is -2.11. The van der Waals surface area contributed by atoms with Crippen molar-refractivity contribution in [1.82, 2.24) is 10.6 Å². The van der Waals surface area contributed by atoms with E-state index >= 15 is 0 Å². The van der Waals surface area contributed by atoms with E-state index in [2.05, 4.69) is 10.6 Å². The molecule has 0 aliphatic carbocycles. The van der Waals surface area contributed by atoms with E-state index in [1.807, 2.05) is 19.1 Å². The monoisotopic (exact) mass is 182 g/mol. The summed E-state index contributed by atoms with van der Waals surface area (Å²) in [6.45, 7) is 1.93. The van der Waals surface area contributed by atoms with Gasteiger partial charge in [-0.25, -0.2) is 4.79 Å². The number of hydrogen-bond acceptors (Lipinski definition) is 2. The van der Waals surface area contributed by atoms with Gasteiger partial charge in [-0.15, -0.1) is 0 Å². The number of nitrogens with one attached hydrogen (secondary N) is 2. The van der Waals surface area contributed by atoms with Gasteiger partial charge in [0, 0.05) is 19.5 Å². The van der Waals surface area contributed by atoms with Crippen LogP contribution in [0.5, 0.6) is 0 Å². The first-order valence-corrected chi connectivity index (χ1v) is 4.23. The zero-order valence-corrected chi connectivity index (χ0v) is 7.83. The molecule has 1 heterocycles. The molecule has 1 rings (SSSR count). The van der Waals surface area contributed by atoms with Crippen LogP contribution in [0.25, 0.3) is 0 Å². The number of urea groups is 1. The molecule has 0 saturated carbocycles. The van der Waals surface area contributed by atoms with Crippen LogP contribution in [0.15, 0.2) is 22.8 Å². The molecule has 0 aliphatic rings. The molecule has 1 unspecified atom stereocenters. The Balaban J connectivity index is 2.33. The molecule has 1 atom stereocenters. The summed E-state index contributed by atoms with van der Waals surface area (Å²) in [7, 11) is 1.59. The summed E-state index contributed by atoms with van der Waals surface area (Å²) in [4.78, 5) is 10.9. The van der Waals surface area contributed by atoms with Gasteiger partial charge in [-0.05, 0) is 19.1 Å². The second-order valence-corrected chi connectivity index (χ2v) is 2.91. The van der Waals surface area contributed by atoms with Crippen LogP contribution in [-0.4, -0.2) is 19.1 Å². The third-order valence-corrected chi connectivity index (χ3v) is 1.69. The molecule has 0 spiro atoms. The molecule has 0 bridgehead atoms. The molecule has 0 aliphatic heterocycles. The highest BCUT2D eigenvalue weighted by Crippen LogP contribution is 2.03. The lowest BCUT2D eigenvalue weighted by Crippen LogP contribution is -2.39. The van der Waals surface area contributed by atoms with Crippen molar-refractivity contribution in [3.63, 3.8) is 0 Å². The molecule has 1 aromatic heterocycles. The summed E-state index contributed by atoms with van der Waals surface area (Å²) in [5, 5.41) is 5.25. The summed E-state index contributed by atoms with van der Waals surface area (Å²) >= 11 is 0. The highest BCUT2D eigenvalue weighted by atomic mass is 16.3. The quantitative estimate of drug-likeness (QED) is 0.736. The van der Waals surface area contributed by atoms with Crippen molar-refractivity contribution >= 4 is 6.03 Å². The number of amides is 2. The van der Waals surface area contributed by atoms with Gasteiger partial charge in [-0.1, -0.05) is 0 Å². The predicted octanol–water partition coefficient (Wildman–Crippen LogP) is 1.14. The van der Waals surface area contributed by atoms with Crippen molar-refractivity contribution in [2.24, 2.45) is 0 Å². The number of hydrogen-bond donors (Lipinski definition) is 2. The van der Waals surface area contributed by atoms with Gasteiger partial charge in [0.1, 0.15) is 5.76 Å². The van der Waals surface area contributed by atoms with Crippen molar-refractivity contribution < 1.29 is 9.21 Å². The van der Waals surface area contributed by atoms with Gasteiger partial charge in [-0.3, -0.25) is 0 Å². The number of rotatable bonds is 3. The van der Waals surface area contributed by atoms with Crippen LogP contribution in [0.4, 0.5) is 4.79 Å². The summed E-state index contributed by atoms with van der Waals surface area (Å²) in [5.41, 5.74) is 0. The van der Waals surface area contributed by atoms with Crippen molar-refractivity contribution in [2.45, 2.75) is 19.4 Å². The first-order valence-electron chi connectivity index (χ1n) is 4.23. The molecule has 4 nitrogen and oxygen atoms in total. The first kappa shape index (κ1) is 9.64. The Kier molecular flexibility index (Phi) is 3.37. The number of furan rings is 1. The Morgan fingerprint density at radius 2 is 2.46 bits per heavy atom. The van der Waals surface area contributed by atoms with Crippen molar-refractivity contribution in [3.8, 4) is 0 Å². The SMILES string of the molecule is CNC(=O)NC(C)Cc1ccco1. The highest BCUT2D eigenvalue weighted by Gasteiger charge is 2.07. The van der Waals surface area contributed by atoms with Gasteiger partial charge in [0.15, 0.2) is 0 Å². The zero-order chi connectivity index (χ0) is 9.68. The van der Waals surface area contributed by atoms with Crippen LogP contribution in [0.3, 0.4) is 0 Å². The molecule has 0 radical (unpaired) electrons. The summed E-state index contributed by atoms with van der Waals surface area (Å²) in [6.07, 6.45) is 2.34. The Morgan fingerprint density at radius 3 is 3.00 bits per heavy atom. The van der Waals surface area contributed by atoms with Gasteiger partial charge >= 0.3 is 6.03 Å². The lowest BCUT2D eigenvalue weighted by atomic mass is 10.2. The molecule has 0 fully saturated rings. The Bertz CT molecular complexity index is 257. The van der Waals surface area contributed by atoms with Gasteiger partial charge in [0.2, 0.25) is 0 Å². The Hall–Kier alpha value is -1.45. The predicted molar refractivity (Wildman–Crippen MR) is 49.5 cm³/mol. The highest BCUT2D eigenvalue weighted by molar-refractivity contribution is 5.73. The largest absolute Gasteiger partial charge is 0.469 e. The normalized spacial score (nSPS) is 12.2. The molecule has 2 amide bonds. The van der Waals surface area contributed by atoms with Crippen LogP contribution in [0, 0.1) is 0 Å². The van der Waals surface area contributed by atoms with Crippen molar-refractivity contribution in [2.75, 3.05) is 7.05 Å². The standard InChI is InChI=1S/C9H14N2O2/c1-7(11-9(12)10-2)6-8-4-3-5-13-8/h3-5,7H,6H2,1-2H3,(H2,10,11,12). The third kappa shape index (κ3) is 3.19. The maximum Gasteiger partial charge on any atom is 0.314 e. The van der Waals surface area contributed by atoms with E-state index in [-0.39, 0.29) is 12.1 Å². The van der Waals surface area contributed by atoms with E-state index in [4.69, 9.17) is 4.42 Å². The average molecular weight is 182 g/mol. The fourth-order valence-corrected chi connectivity index (χ4v) is 1.08. The van der Waals surface area contributed by atoms with E-state index in [0.717, 1.165) is 5.76 Å². The Labute approximate surface area is 77.3 Å². The van der Waals surface area contributed by atoms with E-state index in [1.165, 1.54) is 0 Å². The van der Waals surface area contributed by atoms with Gasteiger partial charge < -0.3 is 15.1 Å². The minimum atomic E-state index is -0.168. The topological polar surface area (TPSA) is 54.3 Å². The van der Waals surface area contributed by atoms with Crippen LogP contribution in [-0.2, 0) is 6.42 Å². The van der Waals surface area contributed by atoms with Gasteiger partial charge in [0.05, 0.1) is 6.26 Å². The van der Waals surface area contributed by atoms with E-state index < -0.39 is 0 Å². The summed E-state index contributed by atoms with van der Waals surface area (Å²) in [5.74, 6) is 0.879. The summed E-state index contributed by atoms with van der Waals surface area (Å²) < 4.78 is 5.15. The molecule has 0 aromatic carbocycles. The van der Waals surface area contributed by atoms with Crippen molar-refractivity contribution in [1.29, 1.82) is 0 Å². The zero-order valence-electron chi connectivity index (χ0n) is 7.83. The molecular weight excluding hydrogens is 168 g/mol. The lowest BCUT2D eigenvalue weighted by molar-refractivity contribution is 0.239.